The van der Waals surface area contributed by atoms with Crippen LogP contribution in [-0.2, 0) is 4.79 Å². The van der Waals surface area contributed by atoms with Crippen LogP contribution in [0.15, 0.2) is 12.1 Å². The van der Waals surface area contributed by atoms with E-state index in [-0.39, 0.29) is 17.7 Å². The fourth-order valence-corrected chi connectivity index (χ4v) is 3.09. The Labute approximate surface area is 149 Å². The fourth-order valence-electron chi connectivity index (χ4n) is 3.09. The van der Waals surface area contributed by atoms with Crippen LogP contribution in [0.2, 0.25) is 0 Å². The van der Waals surface area contributed by atoms with E-state index < -0.39 is 0 Å². The number of hydrogen-bond acceptors (Lipinski definition) is 4. The molecule has 0 bridgehead atoms. The van der Waals surface area contributed by atoms with Crippen molar-refractivity contribution in [3.8, 4) is 11.5 Å². The van der Waals surface area contributed by atoms with Crippen LogP contribution in [0.4, 0.5) is 0 Å². The van der Waals surface area contributed by atoms with Crippen LogP contribution in [0.25, 0.3) is 0 Å². The fraction of sp³-hybridized carbons (Fsp3) is 0.579. The molecule has 1 aliphatic heterocycles. The topological polar surface area (TPSA) is 59.1 Å². The third-order valence-electron chi connectivity index (χ3n) is 4.54. The first kappa shape index (κ1) is 19.1. The lowest BCUT2D eigenvalue weighted by Crippen LogP contribution is -2.39. The number of amides is 2. The molecular formula is C19H28N2O4. The summed E-state index contributed by atoms with van der Waals surface area (Å²) in [5.41, 5.74) is 1.41. The van der Waals surface area contributed by atoms with E-state index >= 15 is 0 Å². The molecule has 138 valence electrons. The normalized spacial score (nSPS) is 15.1. The molecule has 1 saturated heterocycles. The van der Waals surface area contributed by atoms with Crippen LogP contribution in [0, 0.1) is 12.8 Å². The second kappa shape index (κ2) is 8.23. The van der Waals surface area contributed by atoms with Crippen LogP contribution < -0.4 is 9.47 Å². The lowest BCUT2D eigenvalue weighted by Gasteiger charge is -2.24. The summed E-state index contributed by atoms with van der Waals surface area (Å²) < 4.78 is 10.7. The number of benzene rings is 1. The highest BCUT2D eigenvalue weighted by atomic mass is 16.5. The van der Waals surface area contributed by atoms with Gasteiger partial charge in [0.15, 0.2) is 0 Å². The van der Waals surface area contributed by atoms with Gasteiger partial charge in [0.2, 0.25) is 5.91 Å². The van der Waals surface area contributed by atoms with E-state index in [9.17, 15) is 9.59 Å². The lowest BCUT2D eigenvalue weighted by molar-refractivity contribution is -0.134. The Bertz CT molecular complexity index is 643. The Balaban J connectivity index is 2.19. The van der Waals surface area contributed by atoms with Crippen molar-refractivity contribution in [1.29, 1.82) is 0 Å². The molecule has 0 atom stereocenters. The predicted octanol–water partition coefficient (Wildman–Crippen LogP) is 2.34. The molecule has 25 heavy (non-hydrogen) atoms. The molecule has 6 heteroatoms. The molecule has 0 unspecified atom stereocenters. The van der Waals surface area contributed by atoms with Gasteiger partial charge in [-0.15, -0.1) is 0 Å². The first-order chi connectivity index (χ1) is 11.9. The molecule has 1 heterocycles. The summed E-state index contributed by atoms with van der Waals surface area (Å²) in [4.78, 5) is 28.9. The highest BCUT2D eigenvalue weighted by Gasteiger charge is 2.26. The molecule has 0 N–H and O–H groups in total. The quantitative estimate of drug-likeness (QED) is 0.838. The number of carbonyl (C=O) groups excluding carboxylic acids is 2. The van der Waals surface area contributed by atoms with Gasteiger partial charge >= 0.3 is 0 Å². The monoisotopic (exact) mass is 348 g/mol. The maximum atomic E-state index is 13.0. The summed E-state index contributed by atoms with van der Waals surface area (Å²) in [5, 5.41) is 0. The minimum absolute atomic E-state index is 0.0243. The standard InChI is InChI=1S/C19H28N2O4/c1-13(2)18(22)20-7-6-8-21(10-9-20)19(23)15-12-16(24-4)14(3)11-17(15)25-5/h11-13H,6-10H2,1-5H3. The third-order valence-corrected chi connectivity index (χ3v) is 4.54. The molecule has 0 spiro atoms. The van der Waals surface area contributed by atoms with Crippen LogP contribution in [-0.4, -0.2) is 62.0 Å². The number of aryl methyl sites for hydroxylation is 1. The average molecular weight is 348 g/mol. The Kier molecular flexibility index (Phi) is 6.28. The van der Waals surface area contributed by atoms with E-state index in [1.54, 1.807) is 25.2 Å². The van der Waals surface area contributed by atoms with Crippen molar-refractivity contribution in [3.05, 3.63) is 23.3 Å². The zero-order valence-electron chi connectivity index (χ0n) is 15.8. The van der Waals surface area contributed by atoms with E-state index in [1.165, 1.54) is 0 Å². The summed E-state index contributed by atoms with van der Waals surface area (Å²) in [7, 11) is 3.15. The van der Waals surface area contributed by atoms with Gasteiger partial charge in [-0.05, 0) is 31.0 Å². The molecule has 2 rings (SSSR count). The molecule has 6 nitrogen and oxygen atoms in total. The first-order valence-electron chi connectivity index (χ1n) is 8.69. The molecule has 1 aliphatic rings. The van der Waals surface area contributed by atoms with Gasteiger partial charge in [0.05, 0.1) is 19.8 Å². The van der Waals surface area contributed by atoms with Gasteiger partial charge in [0, 0.05) is 32.1 Å². The number of methoxy groups -OCH3 is 2. The molecule has 1 fully saturated rings. The van der Waals surface area contributed by atoms with Gasteiger partial charge in [-0.2, -0.15) is 0 Å². The lowest BCUT2D eigenvalue weighted by atomic mass is 10.1. The molecule has 1 aromatic rings. The van der Waals surface area contributed by atoms with Gasteiger partial charge in [0.25, 0.3) is 5.91 Å². The number of ether oxygens (including phenoxy) is 2. The molecular weight excluding hydrogens is 320 g/mol. The highest BCUT2D eigenvalue weighted by molar-refractivity contribution is 5.97. The Morgan fingerprint density at radius 2 is 1.56 bits per heavy atom. The minimum atomic E-state index is -0.0889. The molecule has 0 aliphatic carbocycles. The highest BCUT2D eigenvalue weighted by Crippen LogP contribution is 2.29. The molecule has 2 amide bonds. The van der Waals surface area contributed by atoms with E-state index in [2.05, 4.69) is 0 Å². The van der Waals surface area contributed by atoms with E-state index in [1.807, 2.05) is 31.7 Å². The summed E-state index contributed by atoms with van der Waals surface area (Å²) in [6, 6.07) is 3.55. The maximum absolute atomic E-state index is 13.0. The Morgan fingerprint density at radius 1 is 0.960 bits per heavy atom. The second-order valence-corrected chi connectivity index (χ2v) is 6.65. The van der Waals surface area contributed by atoms with Crippen molar-refractivity contribution in [2.75, 3.05) is 40.4 Å². The smallest absolute Gasteiger partial charge is 0.257 e. The van der Waals surface area contributed by atoms with Crippen LogP contribution in [0.1, 0.15) is 36.2 Å². The van der Waals surface area contributed by atoms with Gasteiger partial charge in [-0.3, -0.25) is 9.59 Å². The van der Waals surface area contributed by atoms with Gasteiger partial charge in [-0.1, -0.05) is 13.8 Å². The zero-order valence-corrected chi connectivity index (χ0v) is 15.8. The minimum Gasteiger partial charge on any atom is -0.496 e. The Morgan fingerprint density at radius 3 is 2.16 bits per heavy atom. The number of rotatable bonds is 4. The van der Waals surface area contributed by atoms with Gasteiger partial charge < -0.3 is 19.3 Å². The predicted molar refractivity (Wildman–Crippen MR) is 96.2 cm³/mol. The van der Waals surface area contributed by atoms with Gasteiger partial charge in [-0.25, -0.2) is 0 Å². The number of nitrogens with zero attached hydrogens (tertiary/aromatic N) is 2. The summed E-state index contributed by atoms with van der Waals surface area (Å²) in [6.45, 7) is 8.12. The summed E-state index contributed by atoms with van der Waals surface area (Å²) >= 11 is 0. The third kappa shape index (κ3) is 4.24. The van der Waals surface area contributed by atoms with Crippen molar-refractivity contribution in [1.82, 2.24) is 9.80 Å². The molecule has 0 radical (unpaired) electrons. The van der Waals surface area contributed by atoms with Crippen LogP contribution in [0.5, 0.6) is 11.5 Å². The largest absolute Gasteiger partial charge is 0.496 e. The molecule has 1 aromatic carbocycles. The van der Waals surface area contributed by atoms with E-state index in [0.717, 1.165) is 12.0 Å². The van der Waals surface area contributed by atoms with Crippen molar-refractivity contribution < 1.29 is 19.1 Å². The van der Waals surface area contributed by atoms with Crippen molar-refractivity contribution >= 4 is 11.8 Å². The maximum Gasteiger partial charge on any atom is 0.257 e. The average Bonchev–Trinajstić information content (AvgIpc) is 2.86. The first-order valence-corrected chi connectivity index (χ1v) is 8.69. The molecule has 0 aromatic heterocycles. The van der Waals surface area contributed by atoms with E-state index in [4.69, 9.17) is 9.47 Å². The summed E-state index contributed by atoms with van der Waals surface area (Å²) in [6.07, 6.45) is 0.773. The van der Waals surface area contributed by atoms with E-state index in [0.29, 0.717) is 43.2 Å². The second-order valence-electron chi connectivity index (χ2n) is 6.65. The van der Waals surface area contributed by atoms with Crippen molar-refractivity contribution in [2.24, 2.45) is 5.92 Å². The van der Waals surface area contributed by atoms with Crippen LogP contribution in [0.3, 0.4) is 0 Å². The number of carbonyl (C=O) groups is 2. The number of hydrogen-bond donors (Lipinski definition) is 0. The zero-order chi connectivity index (χ0) is 18.6. The SMILES string of the molecule is COc1cc(C(=O)N2CCCN(C(=O)C(C)C)CC2)c(OC)cc1C. The summed E-state index contributed by atoms with van der Waals surface area (Å²) in [5.74, 6) is 1.24. The molecule has 0 saturated carbocycles. The van der Waals surface area contributed by atoms with Gasteiger partial charge in [0.1, 0.15) is 11.5 Å². The van der Waals surface area contributed by atoms with Crippen LogP contribution >= 0.6 is 0 Å². The Hall–Kier alpha value is -2.24. The van der Waals surface area contributed by atoms with Crippen molar-refractivity contribution in [2.45, 2.75) is 27.2 Å². The van der Waals surface area contributed by atoms with Crippen molar-refractivity contribution in [3.63, 3.8) is 0 Å².